The summed E-state index contributed by atoms with van der Waals surface area (Å²) in [7, 11) is 1.24. The molecule has 0 bridgehead atoms. The summed E-state index contributed by atoms with van der Waals surface area (Å²) in [4.78, 5) is 58.5. The molecule has 1 saturated heterocycles. The minimum absolute atomic E-state index is 0.000559. The SMILES string of the molecule is C=CCc1cccc([C@H]2C3=CC[C@@H]4C(=O)N(N(C)c5nc(C(F)(F)F)ccc5Cl)C(=O)[C@@H]4[C@@H]3CC3=C2C(=O)C(C)=CC3=O)c1O. The molecule has 1 N–H and O–H groups in total. The second-order valence-corrected chi connectivity index (χ2v) is 12.0. The van der Waals surface area contributed by atoms with Gasteiger partial charge < -0.3 is 5.11 Å². The number of hydrogen-bond acceptors (Lipinski definition) is 7. The van der Waals surface area contributed by atoms with Crippen LogP contribution in [0.2, 0.25) is 5.02 Å². The first kappa shape index (κ1) is 30.5. The van der Waals surface area contributed by atoms with Gasteiger partial charge in [-0.15, -0.1) is 6.58 Å². The monoisotopic (exact) mass is 637 g/mol. The summed E-state index contributed by atoms with van der Waals surface area (Å²) in [5, 5.41) is 12.8. The van der Waals surface area contributed by atoms with Crippen LogP contribution in [-0.4, -0.2) is 45.5 Å². The Bertz CT molecular complexity index is 1810. The Labute approximate surface area is 261 Å². The number of anilines is 1. The number of halogens is 4. The third kappa shape index (κ3) is 4.72. The fraction of sp³-hybridized carbons (Fsp3) is 0.303. The van der Waals surface area contributed by atoms with E-state index in [-0.39, 0.29) is 51.9 Å². The van der Waals surface area contributed by atoms with Gasteiger partial charge in [0.2, 0.25) is 0 Å². The third-order valence-electron chi connectivity index (χ3n) is 9.09. The maximum Gasteiger partial charge on any atom is 0.433 e. The number of phenols is 1. The first-order chi connectivity index (χ1) is 21.3. The van der Waals surface area contributed by atoms with E-state index in [1.165, 1.54) is 13.1 Å². The quantitative estimate of drug-likeness (QED) is 0.256. The predicted molar refractivity (Wildman–Crippen MR) is 158 cm³/mol. The Balaban J connectivity index is 1.45. The molecule has 45 heavy (non-hydrogen) atoms. The maximum atomic E-state index is 14.1. The molecule has 4 aliphatic rings. The van der Waals surface area contributed by atoms with E-state index in [1.807, 2.05) is 0 Å². The maximum absolute atomic E-state index is 14.1. The molecular formula is C33H27ClF3N3O5. The number of aromatic nitrogens is 1. The van der Waals surface area contributed by atoms with Crippen LogP contribution < -0.4 is 5.01 Å². The molecule has 2 aromatic rings. The highest BCUT2D eigenvalue weighted by molar-refractivity contribution is 6.33. The molecule has 1 fully saturated rings. The van der Waals surface area contributed by atoms with Crippen molar-refractivity contribution in [1.29, 1.82) is 0 Å². The molecule has 4 atom stereocenters. The Hall–Kier alpha value is -4.51. The van der Waals surface area contributed by atoms with Crippen LogP contribution in [0.1, 0.15) is 42.5 Å². The van der Waals surface area contributed by atoms with Gasteiger partial charge in [0.1, 0.15) is 11.4 Å². The lowest BCUT2D eigenvalue weighted by Crippen LogP contribution is -2.46. The number of benzene rings is 1. The number of rotatable bonds is 5. The molecular weight excluding hydrogens is 611 g/mol. The van der Waals surface area contributed by atoms with Crippen LogP contribution in [0.3, 0.4) is 0 Å². The zero-order valence-corrected chi connectivity index (χ0v) is 24.9. The molecule has 12 heteroatoms. The average molecular weight is 638 g/mol. The number of pyridine rings is 1. The molecule has 232 valence electrons. The van der Waals surface area contributed by atoms with Crippen LogP contribution in [0, 0.1) is 17.8 Å². The number of hydrogen-bond donors (Lipinski definition) is 1. The highest BCUT2D eigenvalue weighted by Gasteiger charge is 2.58. The summed E-state index contributed by atoms with van der Waals surface area (Å²) >= 11 is 6.19. The van der Waals surface area contributed by atoms with E-state index in [4.69, 9.17) is 11.6 Å². The number of amides is 2. The van der Waals surface area contributed by atoms with Gasteiger partial charge in [0.25, 0.3) is 11.8 Å². The van der Waals surface area contributed by atoms with Gasteiger partial charge >= 0.3 is 6.18 Å². The smallest absolute Gasteiger partial charge is 0.433 e. The first-order valence-corrected chi connectivity index (χ1v) is 14.6. The van der Waals surface area contributed by atoms with Crippen molar-refractivity contribution in [2.45, 2.75) is 38.3 Å². The second kappa shape index (κ2) is 10.8. The van der Waals surface area contributed by atoms with Crippen molar-refractivity contribution in [3.8, 4) is 5.75 Å². The second-order valence-electron chi connectivity index (χ2n) is 11.6. The van der Waals surface area contributed by atoms with Crippen molar-refractivity contribution in [2.75, 3.05) is 12.1 Å². The largest absolute Gasteiger partial charge is 0.507 e. The van der Waals surface area contributed by atoms with E-state index in [1.54, 1.807) is 37.3 Å². The van der Waals surface area contributed by atoms with Crippen LogP contribution in [0.15, 0.2) is 77.4 Å². The summed E-state index contributed by atoms with van der Waals surface area (Å²) in [5.74, 6) is -6.00. The van der Waals surface area contributed by atoms with E-state index < -0.39 is 53.2 Å². The molecule has 2 amide bonds. The number of hydrazine groups is 1. The van der Waals surface area contributed by atoms with Crippen molar-refractivity contribution in [3.63, 3.8) is 0 Å². The first-order valence-electron chi connectivity index (χ1n) is 14.2. The van der Waals surface area contributed by atoms with Crippen LogP contribution in [-0.2, 0) is 31.8 Å². The molecule has 0 radical (unpaired) electrons. The Morgan fingerprint density at radius 2 is 1.87 bits per heavy atom. The number of Topliss-reactive ketones (excluding diaryl/α,β-unsaturated/α-hetero) is 1. The fourth-order valence-corrected chi connectivity index (χ4v) is 7.30. The van der Waals surface area contributed by atoms with Gasteiger partial charge in [0, 0.05) is 35.2 Å². The van der Waals surface area contributed by atoms with Gasteiger partial charge in [-0.05, 0) is 55.9 Å². The van der Waals surface area contributed by atoms with Crippen molar-refractivity contribution in [2.24, 2.45) is 17.8 Å². The minimum atomic E-state index is -4.79. The summed E-state index contributed by atoms with van der Waals surface area (Å²) in [5.41, 5.74) is 1.03. The Morgan fingerprint density at radius 1 is 1.13 bits per heavy atom. The van der Waals surface area contributed by atoms with E-state index in [0.29, 0.717) is 29.2 Å². The van der Waals surface area contributed by atoms with Crippen LogP contribution in [0.25, 0.3) is 0 Å². The number of para-hydroxylation sites is 1. The van der Waals surface area contributed by atoms with Gasteiger partial charge in [-0.25, -0.2) is 4.98 Å². The molecule has 3 aliphatic carbocycles. The van der Waals surface area contributed by atoms with Crippen LogP contribution >= 0.6 is 11.6 Å². The fourth-order valence-electron chi connectivity index (χ4n) is 7.07. The van der Waals surface area contributed by atoms with Gasteiger partial charge in [-0.2, -0.15) is 18.2 Å². The van der Waals surface area contributed by atoms with E-state index >= 15 is 0 Å². The molecule has 1 aromatic heterocycles. The number of nitrogens with zero attached hydrogens (tertiary/aromatic N) is 3. The summed E-state index contributed by atoms with van der Waals surface area (Å²) in [6.45, 7) is 5.28. The average Bonchev–Trinajstić information content (AvgIpc) is 3.25. The summed E-state index contributed by atoms with van der Waals surface area (Å²) in [6, 6.07) is 6.82. The van der Waals surface area contributed by atoms with Gasteiger partial charge in [-0.3, -0.25) is 24.2 Å². The van der Waals surface area contributed by atoms with E-state index in [2.05, 4.69) is 11.6 Å². The van der Waals surface area contributed by atoms with Crippen LogP contribution in [0.5, 0.6) is 5.75 Å². The van der Waals surface area contributed by atoms with E-state index in [0.717, 1.165) is 16.1 Å². The zero-order valence-electron chi connectivity index (χ0n) is 24.2. The Morgan fingerprint density at radius 3 is 2.56 bits per heavy atom. The number of alkyl halides is 3. The lowest BCUT2D eigenvalue weighted by atomic mass is 9.59. The number of carbonyl (C=O) groups excluding carboxylic acids is 4. The molecule has 6 rings (SSSR count). The van der Waals surface area contributed by atoms with Crippen molar-refractivity contribution in [3.05, 3.63) is 99.3 Å². The van der Waals surface area contributed by atoms with Crippen molar-refractivity contribution < 1.29 is 37.5 Å². The summed E-state index contributed by atoms with van der Waals surface area (Å²) in [6.07, 6.45) is 0.314. The predicted octanol–water partition coefficient (Wildman–Crippen LogP) is 5.67. The number of phenolic OH excluding ortho intramolecular Hbond substituents is 1. The van der Waals surface area contributed by atoms with Gasteiger partial charge in [-0.1, -0.05) is 47.5 Å². The lowest BCUT2D eigenvalue weighted by molar-refractivity contribution is -0.141. The molecule has 2 heterocycles. The molecule has 8 nitrogen and oxygen atoms in total. The molecule has 0 unspecified atom stereocenters. The zero-order chi connectivity index (χ0) is 32.5. The lowest BCUT2D eigenvalue weighted by Gasteiger charge is -2.42. The number of aromatic hydroxyl groups is 1. The number of carbonyl (C=O) groups is 4. The van der Waals surface area contributed by atoms with Crippen LogP contribution in [0.4, 0.5) is 19.0 Å². The van der Waals surface area contributed by atoms with Crippen molar-refractivity contribution >= 4 is 40.8 Å². The molecule has 1 aromatic carbocycles. The third-order valence-corrected chi connectivity index (χ3v) is 9.39. The van der Waals surface area contributed by atoms with E-state index in [9.17, 15) is 37.5 Å². The highest BCUT2D eigenvalue weighted by Crippen LogP contribution is 2.56. The van der Waals surface area contributed by atoms with Gasteiger partial charge in [0.05, 0.1) is 16.9 Å². The number of fused-ring (bicyclic) bond motifs is 3. The van der Waals surface area contributed by atoms with Crippen molar-refractivity contribution in [1.82, 2.24) is 9.99 Å². The minimum Gasteiger partial charge on any atom is -0.507 e. The number of ketones is 2. The standard InChI is InChI=1S/C33H27ClF3N3O5/c1-4-6-16-7-5-8-18(29(16)43)25-17-9-10-19-26(20(17)14-21-23(41)13-15(2)28(42)27(21)25)32(45)40(31(19)44)39(3)30-22(34)11-12-24(38-30)33(35,36)37/h4-5,7-9,11-13,19-20,25-26,43H,1,6,10,14H2,2-3H3/t19-,20+,25+,26-/m0/s1. The molecule has 0 saturated carbocycles. The highest BCUT2D eigenvalue weighted by atomic mass is 35.5. The normalized spacial score (nSPS) is 24.6. The Kier molecular flexibility index (Phi) is 7.35. The summed E-state index contributed by atoms with van der Waals surface area (Å²) < 4.78 is 40.4. The number of imide groups is 1. The molecule has 0 spiro atoms. The molecule has 1 aliphatic heterocycles. The topological polar surface area (TPSA) is 108 Å². The number of allylic oxidation sites excluding steroid dienone is 7. The van der Waals surface area contributed by atoms with Gasteiger partial charge in [0.15, 0.2) is 17.4 Å².